The number of rotatable bonds is 6. The molecule has 0 saturated carbocycles. The van der Waals surface area contributed by atoms with Gasteiger partial charge in [0.15, 0.2) is 0 Å². The van der Waals surface area contributed by atoms with Gasteiger partial charge in [0.25, 0.3) is 10.0 Å². The second-order valence-corrected chi connectivity index (χ2v) is 8.70. The van der Waals surface area contributed by atoms with Crippen LogP contribution in [0.5, 0.6) is 0 Å². The Kier molecular flexibility index (Phi) is 5.08. The average molecular weight is 379 g/mol. The summed E-state index contributed by atoms with van der Waals surface area (Å²) < 4.78 is 27.7. The Balaban J connectivity index is 1.64. The van der Waals surface area contributed by atoms with E-state index in [2.05, 4.69) is 10.0 Å². The van der Waals surface area contributed by atoms with E-state index in [-0.39, 0.29) is 4.21 Å². The van der Waals surface area contributed by atoms with Gasteiger partial charge in [-0.2, -0.15) is 0 Å². The highest BCUT2D eigenvalue weighted by Gasteiger charge is 2.16. The van der Waals surface area contributed by atoms with Crippen molar-refractivity contribution < 1.29 is 8.42 Å². The zero-order chi connectivity index (χ0) is 17.0. The van der Waals surface area contributed by atoms with E-state index in [4.69, 9.17) is 11.6 Å². The summed E-state index contributed by atoms with van der Waals surface area (Å²) in [4.78, 5) is 0. The minimum Gasteiger partial charge on any atom is -0.381 e. The van der Waals surface area contributed by atoms with Gasteiger partial charge in [-0.15, -0.1) is 11.3 Å². The monoisotopic (exact) mass is 378 g/mol. The first-order chi connectivity index (χ1) is 11.5. The number of sulfonamides is 1. The van der Waals surface area contributed by atoms with Crippen LogP contribution in [-0.2, 0) is 16.6 Å². The largest absolute Gasteiger partial charge is 0.381 e. The number of hydrogen-bond acceptors (Lipinski definition) is 4. The molecule has 0 fully saturated rings. The van der Waals surface area contributed by atoms with Crippen molar-refractivity contribution in [3.05, 3.63) is 76.6 Å². The summed E-state index contributed by atoms with van der Waals surface area (Å²) in [5.74, 6) is 0. The number of anilines is 2. The Morgan fingerprint density at radius 2 is 1.54 bits per heavy atom. The van der Waals surface area contributed by atoms with E-state index in [1.807, 2.05) is 42.5 Å². The molecule has 0 saturated heterocycles. The quantitative estimate of drug-likeness (QED) is 0.646. The van der Waals surface area contributed by atoms with Crippen molar-refractivity contribution in [3.8, 4) is 0 Å². The highest BCUT2D eigenvalue weighted by Crippen LogP contribution is 2.27. The third-order valence-electron chi connectivity index (χ3n) is 3.29. The average Bonchev–Trinajstić information content (AvgIpc) is 3.02. The Hall–Kier alpha value is -2.02. The van der Waals surface area contributed by atoms with Crippen LogP contribution in [0.25, 0.3) is 0 Å². The summed E-state index contributed by atoms with van der Waals surface area (Å²) in [6.45, 7) is 0.708. The molecular weight excluding hydrogens is 364 g/mol. The number of hydrogen-bond donors (Lipinski definition) is 2. The molecule has 24 heavy (non-hydrogen) atoms. The van der Waals surface area contributed by atoms with Gasteiger partial charge in [-0.3, -0.25) is 4.72 Å². The molecule has 0 radical (unpaired) electrons. The van der Waals surface area contributed by atoms with Gasteiger partial charge < -0.3 is 5.32 Å². The van der Waals surface area contributed by atoms with Crippen molar-refractivity contribution in [2.75, 3.05) is 10.0 Å². The van der Waals surface area contributed by atoms with Gasteiger partial charge in [-0.1, -0.05) is 41.9 Å². The van der Waals surface area contributed by atoms with Gasteiger partial charge >= 0.3 is 0 Å². The lowest BCUT2D eigenvalue weighted by Crippen LogP contribution is -2.11. The molecule has 3 aromatic rings. The lowest BCUT2D eigenvalue weighted by molar-refractivity contribution is 0.603. The molecule has 0 unspecified atom stereocenters. The molecule has 3 rings (SSSR count). The Bertz CT molecular complexity index is 907. The second kappa shape index (κ2) is 7.25. The van der Waals surface area contributed by atoms with Gasteiger partial charge in [-0.05, 0) is 42.0 Å². The first-order valence-electron chi connectivity index (χ1n) is 7.19. The van der Waals surface area contributed by atoms with Gasteiger partial charge in [0, 0.05) is 17.9 Å². The maximum atomic E-state index is 12.2. The van der Waals surface area contributed by atoms with Crippen LogP contribution in [0.1, 0.15) is 5.56 Å². The van der Waals surface area contributed by atoms with E-state index < -0.39 is 10.0 Å². The van der Waals surface area contributed by atoms with Crippen LogP contribution in [-0.4, -0.2) is 8.42 Å². The van der Waals surface area contributed by atoms with Crippen LogP contribution in [0.3, 0.4) is 0 Å². The predicted molar refractivity (Wildman–Crippen MR) is 100 cm³/mol. The van der Waals surface area contributed by atoms with Crippen molar-refractivity contribution in [1.82, 2.24) is 0 Å². The maximum absolute atomic E-state index is 12.2. The molecule has 2 aromatic carbocycles. The van der Waals surface area contributed by atoms with Crippen molar-refractivity contribution in [1.29, 1.82) is 0 Å². The van der Waals surface area contributed by atoms with Crippen LogP contribution in [0.15, 0.2) is 70.9 Å². The van der Waals surface area contributed by atoms with Gasteiger partial charge in [0.2, 0.25) is 0 Å². The fourth-order valence-corrected chi connectivity index (χ4v) is 4.64. The molecule has 0 atom stereocenters. The van der Waals surface area contributed by atoms with Crippen LogP contribution in [0.2, 0.25) is 4.34 Å². The van der Waals surface area contributed by atoms with Gasteiger partial charge in [-0.25, -0.2) is 8.42 Å². The van der Waals surface area contributed by atoms with E-state index >= 15 is 0 Å². The fourth-order valence-electron chi connectivity index (χ4n) is 2.10. The number of nitrogens with one attached hydrogen (secondary N) is 2. The van der Waals surface area contributed by atoms with Crippen LogP contribution < -0.4 is 10.0 Å². The van der Waals surface area contributed by atoms with E-state index in [1.165, 1.54) is 11.6 Å². The van der Waals surface area contributed by atoms with E-state index in [9.17, 15) is 8.42 Å². The first kappa shape index (κ1) is 16.8. The molecule has 4 nitrogen and oxygen atoms in total. The van der Waals surface area contributed by atoms with Crippen molar-refractivity contribution in [3.63, 3.8) is 0 Å². The zero-order valence-corrected chi connectivity index (χ0v) is 15.0. The normalized spacial score (nSPS) is 11.2. The lowest BCUT2D eigenvalue weighted by atomic mass is 10.2. The van der Waals surface area contributed by atoms with Crippen molar-refractivity contribution >= 4 is 44.3 Å². The van der Waals surface area contributed by atoms with E-state index in [0.717, 1.165) is 17.0 Å². The maximum Gasteiger partial charge on any atom is 0.271 e. The molecule has 1 aromatic heterocycles. The van der Waals surface area contributed by atoms with Crippen LogP contribution in [0.4, 0.5) is 11.4 Å². The molecule has 0 aliphatic heterocycles. The Morgan fingerprint density at radius 3 is 2.17 bits per heavy atom. The summed E-state index contributed by atoms with van der Waals surface area (Å²) in [5.41, 5.74) is 2.60. The van der Waals surface area contributed by atoms with Crippen molar-refractivity contribution in [2.45, 2.75) is 10.8 Å². The standard InChI is InChI=1S/C17H15ClN2O2S2/c18-16-10-11-17(23-16)24(21,22)20-15-8-6-14(7-9-15)19-12-13-4-2-1-3-5-13/h1-11,19-20H,12H2. The summed E-state index contributed by atoms with van der Waals surface area (Å²) in [5, 5.41) is 3.29. The van der Waals surface area contributed by atoms with Crippen LogP contribution in [0, 0.1) is 0 Å². The minimum atomic E-state index is -3.60. The number of halogens is 1. The van der Waals surface area contributed by atoms with E-state index in [0.29, 0.717) is 16.6 Å². The first-order valence-corrected chi connectivity index (χ1v) is 9.87. The molecule has 0 aliphatic carbocycles. The highest BCUT2D eigenvalue weighted by molar-refractivity contribution is 7.94. The lowest BCUT2D eigenvalue weighted by Gasteiger charge is -2.09. The molecular formula is C17H15ClN2O2S2. The smallest absolute Gasteiger partial charge is 0.271 e. The van der Waals surface area contributed by atoms with Gasteiger partial charge in [0.05, 0.1) is 4.34 Å². The molecule has 0 spiro atoms. The third-order valence-corrected chi connectivity index (χ3v) is 6.39. The SMILES string of the molecule is O=S(=O)(Nc1ccc(NCc2ccccc2)cc1)c1ccc(Cl)s1. The third kappa shape index (κ3) is 4.29. The number of thiophene rings is 1. The molecule has 0 amide bonds. The highest BCUT2D eigenvalue weighted by atomic mass is 35.5. The molecule has 7 heteroatoms. The van der Waals surface area contributed by atoms with Crippen molar-refractivity contribution in [2.24, 2.45) is 0 Å². The summed E-state index contributed by atoms with van der Waals surface area (Å²) in [7, 11) is -3.60. The molecule has 124 valence electrons. The molecule has 0 aliphatic rings. The topological polar surface area (TPSA) is 58.2 Å². The summed E-state index contributed by atoms with van der Waals surface area (Å²) >= 11 is 6.82. The van der Waals surface area contributed by atoms with Gasteiger partial charge in [0.1, 0.15) is 4.21 Å². The molecule has 0 bridgehead atoms. The summed E-state index contributed by atoms with van der Waals surface area (Å²) in [6, 6.07) is 20.2. The Labute approximate surface area is 150 Å². The molecule has 2 N–H and O–H groups in total. The minimum absolute atomic E-state index is 0.193. The Morgan fingerprint density at radius 1 is 0.875 bits per heavy atom. The zero-order valence-electron chi connectivity index (χ0n) is 12.6. The predicted octanol–water partition coefficient (Wildman–Crippen LogP) is 4.81. The van der Waals surface area contributed by atoms with Crippen LogP contribution >= 0.6 is 22.9 Å². The molecule has 1 heterocycles. The summed E-state index contributed by atoms with van der Waals surface area (Å²) in [6.07, 6.45) is 0. The fraction of sp³-hybridized carbons (Fsp3) is 0.0588. The van der Waals surface area contributed by atoms with E-state index in [1.54, 1.807) is 18.2 Å². The second-order valence-electron chi connectivity index (χ2n) is 5.08. The number of benzene rings is 2.